The van der Waals surface area contributed by atoms with Crippen LogP contribution >= 0.6 is 0 Å². The molecule has 0 unspecified atom stereocenters. The lowest BCUT2D eigenvalue weighted by Crippen LogP contribution is -2.59. The predicted octanol–water partition coefficient (Wildman–Crippen LogP) is 3.41. The van der Waals surface area contributed by atoms with E-state index in [0.717, 1.165) is 44.1 Å². The van der Waals surface area contributed by atoms with Gasteiger partial charge >= 0.3 is 6.09 Å². The molecule has 2 aliphatic heterocycles. The number of oxime groups is 1. The third-order valence-corrected chi connectivity index (χ3v) is 9.81. The molecule has 268 valence electrons. The van der Waals surface area contributed by atoms with Gasteiger partial charge in [0.1, 0.15) is 24.0 Å². The van der Waals surface area contributed by atoms with E-state index in [9.17, 15) is 24.0 Å². The van der Waals surface area contributed by atoms with Crippen LogP contribution in [0.15, 0.2) is 35.5 Å². The van der Waals surface area contributed by atoms with Gasteiger partial charge in [0, 0.05) is 26.1 Å². The molecule has 3 N–H and O–H groups in total. The van der Waals surface area contributed by atoms with Gasteiger partial charge in [-0.2, -0.15) is 0 Å². The molecule has 2 saturated carbocycles. The van der Waals surface area contributed by atoms with Crippen LogP contribution in [-0.4, -0.2) is 94.7 Å². The van der Waals surface area contributed by atoms with E-state index in [0.29, 0.717) is 25.2 Å². The lowest BCUT2D eigenvalue weighted by molar-refractivity contribution is -0.144. The van der Waals surface area contributed by atoms with Gasteiger partial charge in [-0.05, 0) is 55.9 Å². The minimum Gasteiger partial charge on any atom is -0.446 e. The molecule has 2 heterocycles. The monoisotopic (exact) mass is 680 g/mol. The van der Waals surface area contributed by atoms with Crippen LogP contribution in [0.5, 0.6) is 0 Å². The van der Waals surface area contributed by atoms with E-state index < -0.39 is 58.7 Å². The number of carbonyl (C=O) groups is 5. The van der Waals surface area contributed by atoms with Gasteiger partial charge in [-0.15, -0.1) is 0 Å². The second-order valence-corrected chi connectivity index (χ2v) is 15.2. The molecular weight excluding hydrogens is 628 g/mol. The number of nitrogens with one attached hydrogen (secondary N) is 3. The zero-order chi connectivity index (χ0) is 35.3. The SMILES string of the molecule is CCC[C@H](NC(=O)[C@@H]1C[C@]2(CC(N(C)Cc3ccccc3)=NO2)CN1C(=O)[C@@H](NC(=O)OC1CCCC1)C(C)(C)C)C(=O)C(=O)NC1CC1. The summed E-state index contributed by atoms with van der Waals surface area (Å²) in [6, 6.07) is 6.82. The lowest BCUT2D eigenvalue weighted by atomic mass is 9.85. The Hall–Kier alpha value is -4.16. The molecule has 5 rings (SSSR count). The Morgan fingerprint density at radius 1 is 1.06 bits per heavy atom. The molecule has 1 spiro atoms. The summed E-state index contributed by atoms with van der Waals surface area (Å²) >= 11 is 0. The number of alkyl carbamates (subject to hydrolysis) is 1. The summed E-state index contributed by atoms with van der Waals surface area (Å²) in [5.74, 6) is -1.77. The number of rotatable bonds is 12. The third kappa shape index (κ3) is 9.10. The highest BCUT2D eigenvalue weighted by molar-refractivity contribution is 6.38. The number of ketones is 1. The van der Waals surface area contributed by atoms with Crippen molar-refractivity contribution in [3.8, 4) is 0 Å². The Bertz CT molecular complexity index is 1420. The number of amidine groups is 1. The first-order valence-electron chi connectivity index (χ1n) is 17.7. The largest absolute Gasteiger partial charge is 0.446 e. The first kappa shape index (κ1) is 36.1. The van der Waals surface area contributed by atoms with Crippen molar-refractivity contribution in [3.63, 3.8) is 0 Å². The Balaban J connectivity index is 1.36. The number of amides is 4. The molecule has 1 aromatic carbocycles. The summed E-state index contributed by atoms with van der Waals surface area (Å²) in [6.45, 7) is 8.02. The maximum absolute atomic E-state index is 14.5. The summed E-state index contributed by atoms with van der Waals surface area (Å²) in [7, 11) is 1.92. The van der Waals surface area contributed by atoms with E-state index in [2.05, 4.69) is 21.1 Å². The molecule has 1 aromatic rings. The number of benzene rings is 1. The van der Waals surface area contributed by atoms with Crippen molar-refractivity contribution in [2.45, 2.75) is 134 Å². The molecule has 3 fully saturated rings. The first-order valence-corrected chi connectivity index (χ1v) is 17.7. The Morgan fingerprint density at radius 2 is 1.76 bits per heavy atom. The highest BCUT2D eigenvalue weighted by Gasteiger charge is 2.56. The van der Waals surface area contributed by atoms with Gasteiger partial charge in [0.2, 0.25) is 17.6 Å². The smallest absolute Gasteiger partial charge is 0.408 e. The molecule has 49 heavy (non-hydrogen) atoms. The fourth-order valence-electron chi connectivity index (χ4n) is 6.85. The van der Waals surface area contributed by atoms with Crippen LogP contribution in [0, 0.1) is 5.41 Å². The standard InChI is InChI=1S/C36H52N6O7/c1-6-12-26(29(43)32(45)37-24-17-18-24)38-31(44)27-19-36(20-28(40-49-36)41(5)21-23-13-8-7-9-14-23)22-42(27)33(46)30(35(2,3)4)39-34(47)48-25-15-10-11-16-25/h7-9,13-14,24-27,30H,6,10-12,15-22H2,1-5H3,(H,37,45)(H,38,44)(H,39,47)/t26-,27-,30+,36-/m0/s1. The predicted molar refractivity (Wildman–Crippen MR) is 182 cm³/mol. The van der Waals surface area contributed by atoms with Gasteiger partial charge in [-0.3, -0.25) is 19.2 Å². The van der Waals surface area contributed by atoms with Crippen LogP contribution in [0.3, 0.4) is 0 Å². The highest BCUT2D eigenvalue weighted by atomic mass is 16.7. The van der Waals surface area contributed by atoms with Gasteiger partial charge in [-0.25, -0.2) is 4.79 Å². The van der Waals surface area contributed by atoms with Crippen molar-refractivity contribution in [2.24, 2.45) is 10.6 Å². The molecule has 0 aromatic heterocycles. The van der Waals surface area contributed by atoms with Gasteiger partial charge in [0.05, 0.1) is 19.0 Å². The van der Waals surface area contributed by atoms with Gasteiger partial charge in [0.25, 0.3) is 5.91 Å². The molecule has 1 saturated heterocycles. The Labute approximate surface area is 288 Å². The summed E-state index contributed by atoms with van der Waals surface area (Å²) in [5.41, 5.74) is -0.647. The Morgan fingerprint density at radius 3 is 2.39 bits per heavy atom. The normalized spacial score (nSPS) is 23.3. The molecule has 13 nitrogen and oxygen atoms in total. The van der Waals surface area contributed by atoms with Crippen molar-refractivity contribution >= 4 is 35.4 Å². The van der Waals surface area contributed by atoms with Crippen molar-refractivity contribution in [1.82, 2.24) is 25.8 Å². The molecule has 4 atom stereocenters. The van der Waals surface area contributed by atoms with Crippen LogP contribution in [0.2, 0.25) is 0 Å². The third-order valence-electron chi connectivity index (χ3n) is 9.81. The number of likely N-dealkylation sites (tertiary alicyclic amines) is 1. The number of Topliss-reactive ketones (excluding diaryl/α,β-unsaturated/α-hetero) is 1. The van der Waals surface area contributed by atoms with E-state index in [4.69, 9.17) is 9.57 Å². The van der Waals surface area contributed by atoms with Crippen LogP contribution in [0.4, 0.5) is 4.79 Å². The van der Waals surface area contributed by atoms with Crippen LogP contribution in [-0.2, 0) is 35.3 Å². The van der Waals surface area contributed by atoms with Crippen molar-refractivity contribution in [3.05, 3.63) is 35.9 Å². The second-order valence-electron chi connectivity index (χ2n) is 15.2. The molecule has 13 heteroatoms. The number of hydrogen-bond donors (Lipinski definition) is 3. The highest BCUT2D eigenvalue weighted by Crippen LogP contribution is 2.39. The van der Waals surface area contributed by atoms with Gasteiger partial charge < -0.3 is 35.3 Å². The molecule has 0 radical (unpaired) electrons. The van der Waals surface area contributed by atoms with Crippen LogP contribution in [0.25, 0.3) is 0 Å². The average molecular weight is 681 g/mol. The zero-order valence-corrected chi connectivity index (χ0v) is 29.5. The van der Waals surface area contributed by atoms with Gasteiger partial charge in [0.15, 0.2) is 5.60 Å². The maximum Gasteiger partial charge on any atom is 0.408 e. The van der Waals surface area contributed by atoms with Crippen molar-refractivity contribution < 1.29 is 33.5 Å². The first-order chi connectivity index (χ1) is 23.3. The fraction of sp³-hybridized carbons (Fsp3) is 0.667. The van der Waals surface area contributed by atoms with Crippen molar-refractivity contribution in [2.75, 3.05) is 13.6 Å². The van der Waals surface area contributed by atoms with E-state index in [1.165, 1.54) is 4.90 Å². The maximum atomic E-state index is 14.5. The van der Waals surface area contributed by atoms with Crippen LogP contribution in [0.1, 0.15) is 97.5 Å². The number of ether oxygens (including phenoxy) is 1. The molecule has 4 amide bonds. The number of carbonyl (C=O) groups excluding carboxylic acids is 5. The molecular formula is C36H52N6O7. The second kappa shape index (κ2) is 15.2. The molecule has 2 aliphatic carbocycles. The van der Waals surface area contributed by atoms with Gasteiger partial charge in [-0.1, -0.05) is 69.6 Å². The van der Waals surface area contributed by atoms with E-state index >= 15 is 0 Å². The van der Waals surface area contributed by atoms with E-state index in [-0.39, 0.29) is 31.5 Å². The van der Waals surface area contributed by atoms with E-state index in [1.807, 2.05) is 70.0 Å². The topological polar surface area (TPSA) is 159 Å². The average Bonchev–Trinajstić information content (AvgIpc) is 3.40. The Kier molecular flexibility index (Phi) is 11.2. The quantitative estimate of drug-likeness (QED) is 0.284. The minimum atomic E-state index is -1.05. The number of nitrogens with zero attached hydrogens (tertiary/aromatic N) is 3. The van der Waals surface area contributed by atoms with Crippen LogP contribution < -0.4 is 16.0 Å². The summed E-state index contributed by atoms with van der Waals surface area (Å²) < 4.78 is 5.64. The lowest BCUT2D eigenvalue weighted by Gasteiger charge is -2.35. The summed E-state index contributed by atoms with van der Waals surface area (Å²) in [5, 5.41) is 12.7. The molecule has 4 aliphatic rings. The van der Waals surface area contributed by atoms with E-state index in [1.54, 1.807) is 0 Å². The number of hydrogen-bond acceptors (Lipinski definition) is 9. The van der Waals surface area contributed by atoms with Crippen molar-refractivity contribution in [1.29, 1.82) is 0 Å². The minimum absolute atomic E-state index is 0.00634. The zero-order valence-electron chi connectivity index (χ0n) is 29.5. The molecule has 0 bridgehead atoms. The summed E-state index contributed by atoms with van der Waals surface area (Å²) in [4.78, 5) is 77.0. The fourth-order valence-corrected chi connectivity index (χ4v) is 6.85. The summed E-state index contributed by atoms with van der Waals surface area (Å²) in [6.07, 6.45) is 5.62.